The molecule has 0 radical (unpaired) electrons. The van der Waals surface area contributed by atoms with Crippen molar-refractivity contribution in [2.75, 3.05) is 13.2 Å². The van der Waals surface area contributed by atoms with Crippen LogP contribution in [0.3, 0.4) is 0 Å². The Hall–Kier alpha value is -1.63. The fourth-order valence-corrected chi connectivity index (χ4v) is 4.44. The Morgan fingerprint density at radius 3 is 2.76 bits per heavy atom. The van der Waals surface area contributed by atoms with Gasteiger partial charge in [-0.3, -0.25) is 0 Å². The molecule has 3 heterocycles. The molecular formula is C18H31N5O2. The van der Waals surface area contributed by atoms with E-state index < -0.39 is 5.54 Å². The number of hydrogen-bond donors (Lipinski definition) is 2. The minimum Gasteiger partial charge on any atom is -0.394 e. The number of carbonyl (C=O) groups is 1. The second kappa shape index (κ2) is 7.32. The number of nitrogens with zero attached hydrogens (tertiary/aromatic N) is 4. The largest absolute Gasteiger partial charge is 0.394 e. The van der Waals surface area contributed by atoms with E-state index in [4.69, 9.17) is 0 Å². The van der Waals surface area contributed by atoms with Gasteiger partial charge in [0, 0.05) is 19.5 Å². The molecule has 1 fully saturated rings. The Labute approximate surface area is 149 Å². The van der Waals surface area contributed by atoms with E-state index in [0.717, 1.165) is 56.7 Å². The smallest absolute Gasteiger partial charge is 0.318 e. The molecule has 3 rings (SSSR count). The van der Waals surface area contributed by atoms with E-state index in [1.165, 1.54) is 0 Å². The molecule has 2 atom stereocenters. The van der Waals surface area contributed by atoms with Crippen molar-refractivity contribution in [3.05, 3.63) is 11.6 Å². The second-order valence-corrected chi connectivity index (χ2v) is 7.99. The number of aryl methyl sites for hydroxylation is 1. The van der Waals surface area contributed by atoms with Crippen molar-refractivity contribution in [1.82, 2.24) is 25.0 Å². The first-order chi connectivity index (χ1) is 12.0. The zero-order valence-corrected chi connectivity index (χ0v) is 15.7. The SMILES string of the molecule is CC(C)CC1(CO)CCCN1C(=O)NC(C)c1nnc2n1CCCC2. The van der Waals surface area contributed by atoms with Crippen LogP contribution in [0, 0.1) is 5.92 Å². The van der Waals surface area contributed by atoms with Gasteiger partial charge in [0.05, 0.1) is 18.2 Å². The van der Waals surface area contributed by atoms with Gasteiger partial charge in [-0.25, -0.2) is 4.79 Å². The third kappa shape index (κ3) is 3.52. The van der Waals surface area contributed by atoms with Gasteiger partial charge >= 0.3 is 6.03 Å². The van der Waals surface area contributed by atoms with Gasteiger partial charge in [-0.15, -0.1) is 10.2 Å². The highest BCUT2D eigenvalue weighted by atomic mass is 16.3. The Kier molecular flexibility index (Phi) is 5.32. The second-order valence-electron chi connectivity index (χ2n) is 7.99. The zero-order chi connectivity index (χ0) is 18.0. The molecule has 1 saturated heterocycles. The molecule has 2 aliphatic heterocycles. The molecule has 2 N–H and O–H groups in total. The summed E-state index contributed by atoms with van der Waals surface area (Å²) in [6, 6.07) is -0.296. The number of aliphatic hydroxyl groups excluding tert-OH is 1. The average molecular weight is 349 g/mol. The molecule has 0 aliphatic carbocycles. The number of amides is 2. The van der Waals surface area contributed by atoms with Gasteiger partial charge in [0.15, 0.2) is 5.82 Å². The summed E-state index contributed by atoms with van der Waals surface area (Å²) in [7, 11) is 0. The molecule has 0 bridgehead atoms. The number of likely N-dealkylation sites (tertiary alicyclic amines) is 1. The van der Waals surface area contributed by atoms with Crippen molar-refractivity contribution in [3.8, 4) is 0 Å². The van der Waals surface area contributed by atoms with Gasteiger partial charge in [-0.2, -0.15) is 0 Å². The molecule has 0 spiro atoms. The summed E-state index contributed by atoms with van der Waals surface area (Å²) in [4.78, 5) is 14.8. The molecule has 0 aromatic carbocycles. The van der Waals surface area contributed by atoms with E-state index in [2.05, 4.69) is 33.9 Å². The summed E-state index contributed by atoms with van der Waals surface area (Å²) in [5.74, 6) is 2.29. The van der Waals surface area contributed by atoms with Crippen LogP contribution in [0.25, 0.3) is 0 Å². The summed E-state index contributed by atoms with van der Waals surface area (Å²) < 4.78 is 2.14. The minimum absolute atomic E-state index is 0.0211. The van der Waals surface area contributed by atoms with Crippen molar-refractivity contribution in [1.29, 1.82) is 0 Å². The molecule has 7 nitrogen and oxygen atoms in total. The molecule has 25 heavy (non-hydrogen) atoms. The van der Waals surface area contributed by atoms with E-state index in [-0.39, 0.29) is 18.7 Å². The first kappa shape index (κ1) is 18.2. The zero-order valence-electron chi connectivity index (χ0n) is 15.7. The van der Waals surface area contributed by atoms with Crippen LogP contribution in [0.15, 0.2) is 0 Å². The molecule has 140 valence electrons. The van der Waals surface area contributed by atoms with Crippen LogP contribution < -0.4 is 5.32 Å². The number of fused-ring (bicyclic) bond motifs is 1. The lowest BCUT2D eigenvalue weighted by atomic mass is 9.87. The van der Waals surface area contributed by atoms with Crippen LogP contribution in [0.1, 0.15) is 70.6 Å². The standard InChI is InChI=1S/C18H31N5O2/c1-13(2)11-18(12-24)8-6-10-23(18)17(25)19-14(3)16-21-20-15-7-4-5-9-22(15)16/h13-14,24H,4-12H2,1-3H3,(H,19,25). The van der Waals surface area contributed by atoms with E-state index in [0.29, 0.717) is 12.5 Å². The third-order valence-corrected chi connectivity index (χ3v) is 5.54. The number of aliphatic hydroxyl groups is 1. The maximum Gasteiger partial charge on any atom is 0.318 e. The van der Waals surface area contributed by atoms with E-state index in [1.807, 2.05) is 11.8 Å². The highest BCUT2D eigenvalue weighted by molar-refractivity contribution is 5.76. The summed E-state index contributed by atoms with van der Waals surface area (Å²) in [5, 5.41) is 21.7. The fraction of sp³-hybridized carbons (Fsp3) is 0.833. The summed E-state index contributed by atoms with van der Waals surface area (Å²) in [6.07, 6.45) is 5.88. The quantitative estimate of drug-likeness (QED) is 0.854. The lowest BCUT2D eigenvalue weighted by molar-refractivity contribution is 0.0665. The Morgan fingerprint density at radius 2 is 2.04 bits per heavy atom. The van der Waals surface area contributed by atoms with Gasteiger partial charge in [-0.05, 0) is 44.9 Å². The van der Waals surface area contributed by atoms with Gasteiger partial charge in [0.2, 0.25) is 0 Å². The van der Waals surface area contributed by atoms with Crippen LogP contribution >= 0.6 is 0 Å². The molecule has 1 aromatic rings. The predicted molar refractivity (Wildman–Crippen MR) is 95.1 cm³/mol. The molecule has 1 aromatic heterocycles. The maximum absolute atomic E-state index is 12.9. The lowest BCUT2D eigenvalue weighted by Gasteiger charge is -2.39. The number of rotatable bonds is 5. The van der Waals surface area contributed by atoms with Crippen LogP contribution in [0.2, 0.25) is 0 Å². The lowest BCUT2D eigenvalue weighted by Crippen LogP contribution is -2.54. The molecule has 2 aliphatic rings. The number of nitrogens with one attached hydrogen (secondary N) is 1. The predicted octanol–water partition coefficient (Wildman–Crippen LogP) is 2.26. The third-order valence-electron chi connectivity index (χ3n) is 5.54. The van der Waals surface area contributed by atoms with E-state index in [1.54, 1.807) is 0 Å². The Bertz CT molecular complexity index is 615. The molecule has 0 saturated carbocycles. The minimum atomic E-state index is -0.428. The Balaban J connectivity index is 1.71. The molecule has 2 unspecified atom stereocenters. The maximum atomic E-state index is 12.9. The van der Waals surface area contributed by atoms with Crippen LogP contribution in [0.4, 0.5) is 4.79 Å². The summed E-state index contributed by atoms with van der Waals surface area (Å²) in [6.45, 7) is 7.88. The van der Waals surface area contributed by atoms with Crippen molar-refractivity contribution >= 4 is 6.03 Å². The average Bonchev–Trinajstić information content (AvgIpc) is 3.18. The summed E-state index contributed by atoms with van der Waals surface area (Å²) in [5.41, 5.74) is -0.428. The van der Waals surface area contributed by atoms with E-state index >= 15 is 0 Å². The van der Waals surface area contributed by atoms with Crippen LogP contribution in [-0.2, 0) is 13.0 Å². The summed E-state index contributed by atoms with van der Waals surface area (Å²) >= 11 is 0. The molecule has 2 amide bonds. The highest BCUT2D eigenvalue weighted by Crippen LogP contribution is 2.35. The van der Waals surface area contributed by atoms with Crippen LogP contribution in [-0.4, -0.2) is 49.5 Å². The van der Waals surface area contributed by atoms with Gasteiger partial charge in [0.1, 0.15) is 5.82 Å². The van der Waals surface area contributed by atoms with Crippen LogP contribution in [0.5, 0.6) is 0 Å². The first-order valence-corrected chi connectivity index (χ1v) is 9.58. The van der Waals surface area contributed by atoms with Crippen molar-refractivity contribution in [2.45, 2.75) is 77.4 Å². The first-order valence-electron chi connectivity index (χ1n) is 9.58. The topological polar surface area (TPSA) is 83.3 Å². The fourth-order valence-electron chi connectivity index (χ4n) is 4.44. The highest BCUT2D eigenvalue weighted by Gasteiger charge is 2.43. The molecule has 7 heteroatoms. The number of urea groups is 1. The number of carbonyl (C=O) groups excluding carboxylic acids is 1. The van der Waals surface area contributed by atoms with Crippen molar-refractivity contribution in [2.24, 2.45) is 5.92 Å². The monoisotopic (exact) mass is 349 g/mol. The van der Waals surface area contributed by atoms with E-state index in [9.17, 15) is 9.90 Å². The van der Waals surface area contributed by atoms with Crippen molar-refractivity contribution < 1.29 is 9.90 Å². The number of hydrogen-bond acceptors (Lipinski definition) is 4. The number of aromatic nitrogens is 3. The molecular weight excluding hydrogens is 318 g/mol. The normalized spacial score (nSPS) is 24.4. The van der Waals surface area contributed by atoms with Gasteiger partial charge < -0.3 is 19.9 Å². The van der Waals surface area contributed by atoms with Crippen molar-refractivity contribution in [3.63, 3.8) is 0 Å². The van der Waals surface area contributed by atoms with Gasteiger partial charge in [-0.1, -0.05) is 13.8 Å². The van der Waals surface area contributed by atoms with Gasteiger partial charge in [0.25, 0.3) is 0 Å². The Morgan fingerprint density at radius 1 is 1.24 bits per heavy atom.